The zero-order chi connectivity index (χ0) is 14.2. The van der Waals surface area contributed by atoms with E-state index in [0.717, 1.165) is 47.4 Å². The van der Waals surface area contributed by atoms with Gasteiger partial charge in [0.2, 0.25) is 0 Å². The molecule has 1 heterocycles. The molecular formula is C15H20ClN3S. The van der Waals surface area contributed by atoms with E-state index in [2.05, 4.69) is 28.5 Å². The zero-order valence-corrected chi connectivity index (χ0v) is 13.3. The Hall–Kier alpha value is -0.970. The molecule has 1 N–H and O–H groups in total. The highest BCUT2D eigenvalue weighted by Crippen LogP contribution is 2.18. The molecule has 2 rings (SSSR count). The fourth-order valence-corrected chi connectivity index (χ4v) is 3.08. The van der Waals surface area contributed by atoms with Gasteiger partial charge in [-0.05, 0) is 43.6 Å². The Labute approximate surface area is 129 Å². The van der Waals surface area contributed by atoms with Crippen LogP contribution < -0.4 is 5.32 Å². The largest absolute Gasteiger partial charge is 0.317 e. The van der Waals surface area contributed by atoms with Crippen LogP contribution in [-0.4, -0.2) is 23.3 Å². The normalized spacial score (nSPS) is 10.9. The van der Waals surface area contributed by atoms with E-state index in [0.29, 0.717) is 0 Å². The van der Waals surface area contributed by atoms with E-state index in [-0.39, 0.29) is 0 Å². The van der Waals surface area contributed by atoms with Crippen LogP contribution >= 0.6 is 22.9 Å². The highest BCUT2D eigenvalue weighted by atomic mass is 35.5. The molecule has 0 bridgehead atoms. The molecule has 0 radical (unpaired) electrons. The molecule has 0 spiro atoms. The van der Waals surface area contributed by atoms with Gasteiger partial charge in [-0.1, -0.05) is 30.7 Å². The van der Waals surface area contributed by atoms with Gasteiger partial charge < -0.3 is 5.32 Å². The number of hydrogen-bond donors (Lipinski definition) is 1. The second-order valence-electron chi connectivity index (χ2n) is 4.75. The van der Waals surface area contributed by atoms with Crippen LogP contribution in [0.1, 0.15) is 35.3 Å². The van der Waals surface area contributed by atoms with E-state index in [1.165, 1.54) is 12.0 Å². The van der Waals surface area contributed by atoms with Gasteiger partial charge in [0, 0.05) is 17.9 Å². The summed E-state index contributed by atoms with van der Waals surface area (Å²) >= 11 is 7.69. The minimum absolute atomic E-state index is 0.772. The molecule has 1 aromatic heterocycles. The van der Waals surface area contributed by atoms with Gasteiger partial charge in [0.15, 0.2) is 0 Å². The van der Waals surface area contributed by atoms with E-state index in [1.807, 2.05) is 18.2 Å². The number of rotatable bonds is 8. The molecule has 1 aromatic carbocycles. The van der Waals surface area contributed by atoms with Crippen LogP contribution in [-0.2, 0) is 12.8 Å². The number of halogens is 1. The first-order valence-corrected chi connectivity index (χ1v) is 8.24. The van der Waals surface area contributed by atoms with Crippen molar-refractivity contribution in [2.24, 2.45) is 0 Å². The summed E-state index contributed by atoms with van der Waals surface area (Å²) in [6, 6.07) is 7.91. The third-order valence-corrected chi connectivity index (χ3v) is 4.14. The van der Waals surface area contributed by atoms with E-state index in [1.54, 1.807) is 11.3 Å². The van der Waals surface area contributed by atoms with Gasteiger partial charge in [-0.25, -0.2) is 0 Å². The SMILES string of the molecule is CCCNCCCc1nnc(Cc2cccc(Cl)c2)s1. The molecule has 0 aliphatic carbocycles. The number of nitrogens with one attached hydrogen (secondary N) is 1. The van der Waals surface area contributed by atoms with Gasteiger partial charge in [0.25, 0.3) is 0 Å². The van der Waals surface area contributed by atoms with Crippen molar-refractivity contribution in [3.05, 3.63) is 44.9 Å². The Balaban J connectivity index is 1.80. The van der Waals surface area contributed by atoms with Crippen molar-refractivity contribution >= 4 is 22.9 Å². The summed E-state index contributed by atoms with van der Waals surface area (Å²) in [5.41, 5.74) is 1.19. The van der Waals surface area contributed by atoms with Gasteiger partial charge >= 0.3 is 0 Å². The van der Waals surface area contributed by atoms with Crippen molar-refractivity contribution in [2.75, 3.05) is 13.1 Å². The van der Waals surface area contributed by atoms with Crippen LogP contribution in [0.2, 0.25) is 5.02 Å². The van der Waals surface area contributed by atoms with Gasteiger partial charge in [-0.15, -0.1) is 21.5 Å². The van der Waals surface area contributed by atoms with Crippen LogP contribution in [0.4, 0.5) is 0 Å². The lowest BCUT2D eigenvalue weighted by Crippen LogP contribution is -2.16. The van der Waals surface area contributed by atoms with Crippen LogP contribution in [0.15, 0.2) is 24.3 Å². The summed E-state index contributed by atoms with van der Waals surface area (Å²) in [6.07, 6.45) is 4.12. The van der Waals surface area contributed by atoms with Gasteiger partial charge in [0.1, 0.15) is 10.0 Å². The maximum absolute atomic E-state index is 5.99. The van der Waals surface area contributed by atoms with Crippen molar-refractivity contribution in [2.45, 2.75) is 32.6 Å². The molecule has 0 aliphatic heterocycles. The molecule has 0 saturated heterocycles. The minimum atomic E-state index is 0.772. The van der Waals surface area contributed by atoms with Crippen LogP contribution in [0.25, 0.3) is 0 Å². The molecule has 0 amide bonds. The van der Waals surface area contributed by atoms with E-state index < -0.39 is 0 Å². The average Bonchev–Trinajstić information content (AvgIpc) is 2.86. The van der Waals surface area contributed by atoms with Crippen molar-refractivity contribution in [3.8, 4) is 0 Å². The Morgan fingerprint density at radius 2 is 2.05 bits per heavy atom. The molecule has 20 heavy (non-hydrogen) atoms. The Kier molecular flexibility index (Phi) is 6.43. The molecule has 0 unspecified atom stereocenters. The second kappa shape index (κ2) is 8.35. The number of aryl methyl sites for hydroxylation is 1. The molecule has 108 valence electrons. The third-order valence-electron chi connectivity index (χ3n) is 2.92. The lowest BCUT2D eigenvalue weighted by Gasteiger charge is -2.00. The first-order valence-electron chi connectivity index (χ1n) is 7.04. The summed E-state index contributed by atoms with van der Waals surface area (Å²) in [6.45, 7) is 4.33. The summed E-state index contributed by atoms with van der Waals surface area (Å²) in [5.74, 6) is 0. The van der Waals surface area contributed by atoms with E-state index >= 15 is 0 Å². The highest BCUT2D eigenvalue weighted by molar-refractivity contribution is 7.11. The standard InChI is InChI=1S/C15H20ClN3S/c1-2-8-17-9-4-7-14-18-19-15(20-14)11-12-5-3-6-13(16)10-12/h3,5-6,10,17H,2,4,7-9,11H2,1H3. The summed E-state index contributed by atoms with van der Waals surface area (Å²) in [5, 5.41) is 14.9. The van der Waals surface area contributed by atoms with Crippen molar-refractivity contribution in [1.82, 2.24) is 15.5 Å². The van der Waals surface area contributed by atoms with Gasteiger partial charge in [-0.2, -0.15) is 0 Å². The first-order chi connectivity index (χ1) is 9.78. The van der Waals surface area contributed by atoms with E-state index in [4.69, 9.17) is 11.6 Å². The highest BCUT2D eigenvalue weighted by Gasteiger charge is 2.05. The molecule has 3 nitrogen and oxygen atoms in total. The Bertz CT molecular complexity index is 527. The summed E-state index contributed by atoms with van der Waals surface area (Å²) < 4.78 is 0. The van der Waals surface area contributed by atoms with Crippen LogP contribution in [0, 0.1) is 0 Å². The summed E-state index contributed by atoms with van der Waals surface area (Å²) in [7, 11) is 0. The fourth-order valence-electron chi connectivity index (χ4n) is 1.95. The zero-order valence-electron chi connectivity index (χ0n) is 11.7. The maximum Gasteiger partial charge on any atom is 0.121 e. The lowest BCUT2D eigenvalue weighted by molar-refractivity contribution is 0.637. The average molecular weight is 310 g/mol. The second-order valence-corrected chi connectivity index (χ2v) is 6.33. The Morgan fingerprint density at radius 1 is 1.20 bits per heavy atom. The number of hydrogen-bond acceptors (Lipinski definition) is 4. The number of benzene rings is 1. The molecule has 0 fully saturated rings. The maximum atomic E-state index is 5.99. The third kappa shape index (κ3) is 5.19. The minimum Gasteiger partial charge on any atom is -0.317 e. The monoisotopic (exact) mass is 309 g/mol. The number of nitrogens with zero attached hydrogens (tertiary/aromatic N) is 2. The molecule has 0 atom stereocenters. The number of aromatic nitrogens is 2. The smallest absolute Gasteiger partial charge is 0.121 e. The van der Waals surface area contributed by atoms with Gasteiger partial charge in [-0.3, -0.25) is 0 Å². The topological polar surface area (TPSA) is 37.8 Å². The lowest BCUT2D eigenvalue weighted by atomic mass is 10.2. The van der Waals surface area contributed by atoms with Crippen molar-refractivity contribution < 1.29 is 0 Å². The molecule has 2 aromatic rings. The molecule has 0 aliphatic rings. The predicted octanol–water partition coefficient (Wildman–Crippen LogP) is 3.71. The molecular weight excluding hydrogens is 290 g/mol. The quantitative estimate of drug-likeness (QED) is 0.755. The van der Waals surface area contributed by atoms with Crippen LogP contribution in [0.5, 0.6) is 0 Å². The predicted molar refractivity (Wildman–Crippen MR) is 85.6 cm³/mol. The van der Waals surface area contributed by atoms with Gasteiger partial charge in [0.05, 0.1) is 0 Å². The molecule has 5 heteroatoms. The van der Waals surface area contributed by atoms with Crippen molar-refractivity contribution in [3.63, 3.8) is 0 Å². The van der Waals surface area contributed by atoms with Crippen molar-refractivity contribution in [1.29, 1.82) is 0 Å². The molecule has 0 saturated carbocycles. The van der Waals surface area contributed by atoms with E-state index in [9.17, 15) is 0 Å². The fraction of sp³-hybridized carbons (Fsp3) is 0.467. The van der Waals surface area contributed by atoms with Crippen LogP contribution in [0.3, 0.4) is 0 Å². The first kappa shape index (κ1) is 15.4. The summed E-state index contributed by atoms with van der Waals surface area (Å²) in [4.78, 5) is 0. The Morgan fingerprint density at radius 3 is 2.85 bits per heavy atom.